The first-order chi connectivity index (χ1) is 26.1. The molecule has 3 aromatic carbocycles. The number of rotatable bonds is 5. The number of fused-ring (bicyclic) bond motifs is 6. The van der Waals surface area contributed by atoms with Gasteiger partial charge in [0.15, 0.2) is 0 Å². The number of allylic oxidation sites excluding steroid dienone is 22. The van der Waals surface area contributed by atoms with Crippen molar-refractivity contribution in [1.29, 1.82) is 0 Å². The Morgan fingerprint density at radius 2 is 1.26 bits per heavy atom. The van der Waals surface area contributed by atoms with Gasteiger partial charge in [-0.15, -0.1) is 0 Å². The number of hydrogen-bond donors (Lipinski definition) is 0. The Morgan fingerprint density at radius 3 is 2.04 bits per heavy atom. The lowest BCUT2D eigenvalue weighted by molar-refractivity contribution is 0.602. The summed E-state index contributed by atoms with van der Waals surface area (Å²) in [7, 11) is 0. The van der Waals surface area contributed by atoms with E-state index in [1.54, 1.807) is 0 Å². The van der Waals surface area contributed by atoms with E-state index in [1.807, 2.05) is 0 Å². The molecule has 3 aromatic rings. The van der Waals surface area contributed by atoms with Crippen LogP contribution in [0.25, 0.3) is 22.3 Å². The molecule has 0 saturated carbocycles. The van der Waals surface area contributed by atoms with Crippen molar-refractivity contribution >= 4 is 11.1 Å². The van der Waals surface area contributed by atoms with Crippen LogP contribution in [0.1, 0.15) is 56.2 Å². The summed E-state index contributed by atoms with van der Waals surface area (Å²) in [5.41, 5.74) is 17.2. The second-order valence-corrected chi connectivity index (χ2v) is 16.2. The lowest BCUT2D eigenvalue weighted by Gasteiger charge is -2.35. The molecule has 4 unspecified atom stereocenters. The van der Waals surface area contributed by atoms with E-state index in [2.05, 4.69) is 184 Å². The van der Waals surface area contributed by atoms with E-state index in [-0.39, 0.29) is 5.41 Å². The van der Waals surface area contributed by atoms with E-state index in [0.29, 0.717) is 23.7 Å². The van der Waals surface area contributed by atoms with Gasteiger partial charge in [0.2, 0.25) is 0 Å². The lowest BCUT2D eigenvalue weighted by Crippen LogP contribution is -2.40. The van der Waals surface area contributed by atoms with Gasteiger partial charge in [-0.1, -0.05) is 178 Å². The Hall–Kier alpha value is -5.46. The maximum atomic E-state index is 2.52. The highest BCUT2D eigenvalue weighted by Crippen LogP contribution is 2.50. The molecule has 0 bridgehead atoms. The predicted molar refractivity (Wildman–Crippen MR) is 223 cm³/mol. The number of hydrogen-bond acceptors (Lipinski definition) is 0. The topological polar surface area (TPSA) is 0 Å². The van der Waals surface area contributed by atoms with Gasteiger partial charge in [0, 0.05) is 29.1 Å². The molecule has 0 spiro atoms. The van der Waals surface area contributed by atoms with Gasteiger partial charge in [0.05, 0.1) is 0 Å². The summed E-state index contributed by atoms with van der Waals surface area (Å²) < 4.78 is 0. The fourth-order valence-electron chi connectivity index (χ4n) is 10.3. The third kappa shape index (κ3) is 5.34. The van der Waals surface area contributed by atoms with Crippen LogP contribution in [-0.2, 0) is 5.41 Å². The molecule has 258 valence electrons. The Balaban J connectivity index is 1.02. The molecule has 0 nitrogen and oxygen atoms in total. The Bertz CT molecular complexity index is 2530. The predicted octanol–water partition coefficient (Wildman–Crippen LogP) is 11.4. The molecule has 0 aliphatic heterocycles. The van der Waals surface area contributed by atoms with Crippen LogP contribution in [0, 0.1) is 23.7 Å². The highest BCUT2D eigenvalue weighted by Gasteiger charge is 2.37. The van der Waals surface area contributed by atoms with Crippen LogP contribution in [0.5, 0.6) is 0 Å². The highest BCUT2D eigenvalue weighted by atomic mass is 14.4. The Morgan fingerprint density at radius 1 is 0.547 bits per heavy atom. The molecular formula is C53H46. The molecule has 0 heteroatoms. The van der Waals surface area contributed by atoms with Crippen LogP contribution in [-0.4, -0.2) is 0 Å². The van der Waals surface area contributed by atoms with Crippen molar-refractivity contribution in [2.24, 2.45) is 23.7 Å². The van der Waals surface area contributed by atoms with Crippen molar-refractivity contribution in [3.63, 3.8) is 0 Å². The van der Waals surface area contributed by atoms with Crippen molar-refractivity contribution in [2.75, 3.05) is 0 Å². The summed E-state index contributed by atoms with van der Waals surface area (Å²) in [6.07, 6.45) is 44.3. The minimum absolute atomic E-state index is 0.0232. The maximum absolute atomic E-state index is 2.52. The van der Waals surface area contributed by atoms with Gasteiger partial charge in [0.25, 0.3) is 0 Å². The second kappa shape index (κ2) is 12.9. The molecule has 0 amide bonds. The molecule has 0 saturated heterocycles. The normalized spacial score (nSPS) is 25.8. The Kier molecular flexibility index (Phi) is 7.83. The molecule has 4 atom stereocenters. The van der Waals surface area contributed by atoms with Gasteiger partial charge in [-0.25, -0.2) is 0 Å². The summed E-state index contributed by atoms with van der Waals surface area (Å²) in [5, 5.41) is 2.78. The molecular weight excluding hydrogens is 637 g/mol. The molecule has 7 aliphatic carbocycles. The maximum Gasteiger partial charge on any atom is 0.0159 e. The van der Waals surface area contributed by atoms with Crippen LogP contribution >= 0.6 is 0 Å². The molecule has 53 heavy (non-hydrogen) atoms. The minimum Gasteiger partial charge on any atom is -0.0842 e. The SMILES string of the molecule is CC1(C)c2ccccc2-c2ccc(C3=c4ccccc4=C(C4=CC=C(C=CC5=CC=C(C6=CC=CCC6)C6C=CC=CC56)CC4)C4C=CC=CC34)cc21. The largest absolute Gasteiger partial charge is 0.0842 e. The third-order valence-corrected chi connectivity index (χ3v) is 12.9. The molecule has 0 heterocycles. The standard InChI is InChI=1S/C53H46/c1-53(2)49-23-13-12-18-43(49)44-33-31-39(34-50(44)53)52-47-21-10-8-19-45(47)51(46-20-9-11-22-48(46)52)38-28-25-35(26-29-38)24-27-37-30-32-41(36-14-4-3-5-15-36)42-17-7-6-16-40(37)42/h3-4,6-14,16-25,27-28,30-34,40,42,45,47H,5,15,26,29H2,1-2H3. The summed E-state index contributed by atoms with van der Waals surface area (Å²) in [6.45, 7) is 4.78. The van der Waals surface area contributed by atoms with Crippen molar-refractivity contribution in [3.05, 3.63) is 225 Å². The van der Waals surface area contributed by atoms with Crippen molar-refractivity contribution < 1.29 is 0 Å². The fraction of sp³-hybridized carbons (Fsp3) is 0.208. The smallest absolute Gasteiger partial charge is 0.0159 e. The van der Waals surface area contributed by atoms with Crippen LogP contribution in [0.4, 0.5) is 0 Å². The lowest BCUT2D eigenvalue weighted by atomic mass is 9.68. The molecule has 0 radical (unpaired) electrons. The van der Waals surface area contributed by atoms with Gasteiger partial charge in [0.1, 0.15) is 0 Å². The average molecular weight is 683 g/mol. The molecule has 7 aliphatic rings. The first-order valence-electron chi connectivity index (χ1n) is 19.7. The van der Waals surface area contributed by atoms with E-state index in [1.165, 1.54) is 77.3 Å². The van der Waals surface area contributed by atoms with Crippen LogP contribution < -0.4 is 10.4 Å². The van der Waals surface area contributed by atoms with Gasteiger partial charge in [-0.05, 0) is 109 Å². The summed E-state index contributed by atoms with van der Waals surface area (Å²) >= 11 is 0. The second-order valence-electron chi connectivity index (χ2n) is 16.2. The highest BCUT2D eigenvalue weighted by molar-refractivity contribution is 5.86. The molecule has 0 N–H and O–H groups in total. The average Bonchev–Trinajstić information content (AvgIpc) is 3.44. The Labute approximate surface area is 314 Å². The van der Waals surface area contributed by atoms with Crippen molar-refractivity contribution in [1.82, 2.24) is 0 Å². The van der Waals surface area contributed by atoms with E-state index in [0.717, 1.165) is 25.7 Å². The van der Waals surface area contributed by atoms with E-state index < -0.39 is 0 Å². The summed E-state index contributed by atoms with van der Waals surface area (Å²) in [4.78, 5) is 0. The first kappa shape index (κ1) is 32.2. The third-order valence-electron chi connectivity index (χ3n) is 12.9. The van der Waals surface area contributed by atoms with Gasteiger partial charge in [-0.3, -0.25) is 0 Å². The van der Waals surface area contributed by atoms with Gasteiger partial charge in [-0.2, -0.15) is 0 Å². The van der Waals surface area contributed by atoms with Crippen molar-refractivity contribution in [3.8, 4) is 11.1 Å². The number of benzene rings is 3. The molecule has 0 fully saturated rings. The molecule has 0 aromatic heterocycles. The minimum atomic E-state index is -0.0232. The van der Waals surface area contributed by atoms with E-state index in [9.17, 15) is 0 Å². The van der Waals surface area contributed by atoms with Crippen LogP contribution in [0.3, 0.4) is 0 Å². The van der Waals surface area contributed by atoms with E-state index in [4.69, 9.17) is 0 Å². The van der Waals surface area contributed by atoms with Crippen LogP contribution in [0.2, 0.25) is 0 Å². The van der Waals surface area contributed by atoms with Gasteiger partial charge >= 0.3 is 0 Å². The first-order valence-corrected chi connectivity index (χ1v) is 19.7. The monoisotopic (exact) mass is 682 g/mol. The summed E-state index contributed by atoms with van der Waals surface area (Å²) in [6, 6.07) is 25.5. The zero-order chi connectivity index (χ0) is 35.5. The summed E-state index contributed by atoms with van der Waals surface area (Å²) in [5.74, 6) is 1.42. The fourth-order valence-corrected chi connectivity index (χ4v) is 10.3. The van der Waals surface area contributed by atoms with Gasteiger partial charge < -0.3 is 0 Å². The zero-order valence-electron chi connectivity index (χ0n) is 30.8. The van der Waals surface area contributed by atoms with E-state index >= 15 is 0 Å². The van der Waals surface area contributed by atoms with Crippen molar-refractivity contribution in [2.45, 2.75) is 44.9 Å². The van der Waals surface area contributed by atoms with Crippen LogP contribution in [0.15, 0.2) is 198 Å². The molecule has 10 rings (SSSR count). The zero-order valence-corrected chi connectivity index (χ0v) is 30.8. The quantitative estimate of drug-likeness (QED) is 0.251.